The fourth-order valence-electron chi connectivity index (χ4n) is 2.70. The van der Waals surface area contributed by atoms with Crippen LogP contribution in [0.1, 0.15) is 22.7 Å². The highest BCUT2D eigenvalue weighted by Crippen LogP contribution is 2.33. The summed E-state index contributed by atoms with van der Waals surface area (Å²) in [5, 5.41) is 10.8. The Morgan fingerprint density at radius 2 is 1.75 bits per heavy atom. The Labute approximate surface area is 146 Å². The van der Waals surface area contributed by atoms with Gasteiger partial charge in [-0.3, -0.25) is 15.1 Å². The van der Waals surface area contributed by atoms with Gasteiger partial charge in [0.1, 0.15) is 11.9 Å². The van der Waals surface area contributed by atoms with Crippen LogP contribution in [0.2, 0.25) is 0 Å². The lowest BCUT2D eigenvalue weighted by molar-refractivity contribution is -0.384. The van der Waals surface area contributed by atoms with Crippen molar-refractivity contribution >= 4 is 23.9 Å². The van der Waals surface area contributed by atoms with Gasteiger partial charge in [-0.2, -0.15) is 0 Å². The molecule has 0 bridgehead atoms. The van der Waals surface area contributed by atoms with E-state index in [9.17, 15) is 10.1 Å². The molecule has 1 unspecified atom stereocenters. The maximum atomic E-state index is 10.8. The number of nitro groups is 1. The Morgan fingerprint density at radius 1 is 1.12 bits per heavy atom. The molecule has 1 aliphatic rings. The number of fused-ring (bicyclic) bond motifs is 1. The molecule has 0 amide bonds. The molecule has 0 fully saturated rings. The highest BCUT2D eigenvalue weighted by molar-refractivity contribution is 5.86. The average molecular weight is 350 g/mol. The predicted molar refractivity (Wildman–Crippen MR) is 97.1 cm³/mol. The van der Waals surface area contributed by atoms with Gasteiger partial charge in [0, 0.05) is 32.6 Å². The summed E-state index contributed by atoms with van der Waals surface area (Å²) < 4.78 is 0. The highest BCUT2D eigenvalue weighted by atomic mass is 35.5. The molecule has 24 heavy (non-hydrogen) atoms. The Morgan fingerprint density at radius 3 is 2.33 bits per heavy atom. The molecule has 6 nitrogen and oxygen atoms in total. The Kier molecular flexibility index (Phi) is 6.45. The van der Waals surface area contributed by atoms with Gasteiger partial charge in [-0.1, -0.05) is 24.3 Å². The zero-order chi connectivity index (χ0) is 15.7. The van der Waals surface area contributed by atoms with Crippen molar-refractivity contribution in [2.24, 2.45) is 4.99 Å². The number of nitro benzene ring substituents is 1. The number of nitrogens with zero attached hydrogens (tertiary/aromatic N) is 3. The van der Waals surface area contributed by atoms with Crippen molar-refractivity contribution in [1.29, 1.82) is 0 Å². The number of likely N-dealkylation sites (N-methyl/N-ethyl adjacent to an activating group) is 1. The SMILES string of the molecule is CN(C)C1=NC(c2ccc([N+](=O)[O-])cc2)c2ccccc2C1.Cl.O. The molecule has 0 saturated heterocycles. The van der Waals surface area contributed by atoms with E-state index >= 15 is 0 Å². The normalized spacial score (nSPS) is 15.2. The predicted octanol–water partition coefficient (Wildman–Crippen LogP) is 2.80. The van der Waals surface area contributed by atoms with Gasteiger partial charge >= 0.3 is 0 Å². The topological polar surface area (TPSA) is 90.2 Å². The first kappa shape index (κ1) is 19.6. The van der Waals surface area contributed by atoms with Crippen LogP contribution in [-0.2, 0) is 6.42 Å². The van der Waals surface area contributed by atoms with Gasteiger partial charge in [-0.15, -0.1) is 12.4 Å². The summed E-state index contributed by atoms with van der Waals surface area (Å²) in [6.07, 6.45) is 0.812. The molecule has 2 aromatic carbocycles. The van der Waals surface area contributed by atoms with Gasteiger partial charge < -0.3 is 10.4 Å². The Balaban J connectivity index is 0.00000144. The number of halogens is 1. The summed E-state index contributed by atoms with van der Waals surface area (Å²) in [5.74, 6) is 1.02. The van der Waals surface area contributed by atoms with Crippen LogP contribution < -0.4 is 0 Å². The fourth-order valence-corrected chi connectivity index (χ4v) is 2.70. The third kappa shape index (κ3) is 3.72. The molecule has 7 heteroatoms. The summed E-state index contributed by atoms with van der Waals surface area (Å²) in [7, 11) is 3.97. The van der Waals surface area contributed by atoms with E-state index in [0.717, 1.165) is 17.8 Å². The minimum Gasteiger partial charge on any atom is -0.412 e. The van der Waals surface area contributed by atoms with E-state index in [0.29, 0.717) is 0 Å². The van der Waals surface area contributed by atoms with Crippen LogP contribution in [0, 0.1) is 10.1 Å². The van der Waals surface area contributed by atoms with E-state index in [1.165, 1.54) is 23.3 Å². The maximum Gasteiger partial charge on any atom is 0.269 e. The van der Waals surface area contributed by atoms with E-state index in [4.69, 9.17) is 4.99 Å². The molecule has 0 spiro atoms. The van der Waals surface area contributed by atoms with E-state index in [2.05, 4.69) is 12.1 Å². The molecule has 0 saturated carbocycles. The van der Waals surface area contributed by atoms with E-state index in [1.54, 1.807) is 12.1 Å². The standard InChI is InChI=1S/C17H17N3O2.ClH.H2O/c1-19(2)16-11-13-5-3-4-6-15(13)17(18-16)12-7-9-14(10-8-12)20(21)22;;/h3-10,17H,11H2,1-2H3;1H;1H2. The molecule has 0 radical (unpaired) electrons. The lowest BCUT2D eigenvalue weighted by Crippen LogP contribution is -2.28. The Hall–Kier alpha value is -2.44. The van der Waals surface area contributed by atoms with Gasteiger partial charge in [-0.25, -0.2) is 0 Å². The number of benzene rings is 2. The zero-order valence-electron chi connectivity index (χ0n) is 13.5. The second-order valence-corrected chi connectivity index (χ2v) is 5.57. The van der Waals surface area contributed by atoms with Gasteiger partial charge in [0.25, 0.3) is 5.69 Å². The van der Waals surface area contributed by atoms with Crippen molar-refractivity contribution < 1.29 is 10.4 Å². The lowest BCUT2D eigenvalue weighted by Gasteiger charge is -2.27. The van der Waals surface area contributed by atoms with Crippen molar-refractivity contribution in [3.05, 3.63) is 75.3 Å². The quantitative estimate of drug-likeness (QED) is 0.616. The summed E-state index contributed by atoms with van der Waals surface area (Å²) in [6, 6.07) is 14.8. The fraction of sp³-hybridized carbons (Fsp3) is 0.235. The largest absolute Gasteiger partial charge is 0.412 e. The van der Waals surface area contributed by atoms with Crippen LogP contribution >= 0.6 is 12.4 Å². The molecule has 1 heterocycles. The van der Waals surface area contributed by atoms with Crippen LogP contribution in [0.3, 0.4) is 0 Å². The number of hydrogen-bond donors (Lipinski definition) is 0. The minimum atomic E-state index is -0.382. The van der Waals surface area contributed by atoms with Crippen LogP contribution in [0.4, 0.5) is 5.69 Å². The van der Waals surface area contributed by atoms with Gasteiger partial charge in [0.05, 0.1) is 4.92 Å². The van der Waals surface area contributed by atoms with Crippen molar-refractivity contribution in [2.45, 2.75) is 12.5 Å². The molecule has 128 valence electrons. The van der Waals surface area contributed by atoms with E-state index < -0.39 is 0 Å². The molecule has 2 N–H and O–H groups in total. The summed E-state index contributed by atoms with van der Waals surface area (Å²) in [6.45, 7) is 0. The van der Waals surface area contributed by atoms with E-state index in [-0.39, 0.29) is 34.5 Å². The van der Waals surface area contributed by atoms with Crippen molar-refractivity contribution in [3.8, 4) is 0 Å². The van der Waals surface area contributed by atoms with Gasteiger partial charge in [0.15, 0.2) is 0 Å². The number of amidine groups is 1. The van der Waals surface area contributed by atoms with Crippen LogP contribution in [0.5, 0.6) is 0 Å². The molecule has 1 aliphatic heterocycles. The molecular weight excluding hydrogens is 330 g/mol. The highest BCUT2D eigenvalue weighted by Gasteiger charge is 2.24. The second-order valence-electron chi connectivity index (χ2n) is 5.57. The third-order valence-corrected chi connectivity index (χ3v) is 3.91. The second kappa shape index (κ2) is 7.90. The minimum absolute atomic E-state index is 0. The number of hydrogen-bond acceptors (Lipinski definition) is 4. The first-order valence-corrected chi connectivity index (χ1v) is 7.12. The summed E-state index contributed by atoms with van der Waals surface area (Å²) in [4.78, 5) is 17.3. The molecule has 2 aromatic rings. The first-order chi connectivity index (χ1) is 10.6. The molecular formula is C17H20ClN3O3. The van der Waals surface area contributed by atoms with Crippen molar-refractivity contribution in [2.75, 3.05) is 14.1 Å². The van der Waals surface area contributed by atoms with Crippen molar-refractivity contribution in [3.63, 3.8) is 0 Å². The molecule has 3 rings (SSSR count). The smallest absolute Gasteiger partial charge is 0.269 e. The number of non-ortho nitro benzene ring substituents is 1. The zero-order valence-corrected chi connectivity index (χ0v) is 14.3. The molecule has 0 aliphatic carbocycles. The molecule has 0 aromatic heterocycles. The number of aliphatic imine (C=N–C) groups is 1. The third-order valence-electron chi connectivity index (χ3n) is 3.91. The monoisotopic (exact) mass is 349 g/mol. The first-order valence-electron chi connectivity index (χ1n) is 7.12. The molecule has 1 atom stereocenters. The maximum absolute atomic E-state index is 10.8. The van der Waals surface area contributed by atoms with Crippen molar-refractivity contribution in [1.82, 2.24) is 4.90 Å². The van der Waals surface area contributed by atoms with Gasteiger partial charge in [0.2, 0.25) is 0 Å². The Bertz CT molecular complexity index is 745. The average Bonchev–Trinajstić information content (AvgIpc) is 2.53. The van der Waals surface area contributed by atoms with Crippen LogP contribution in [0.25, 0.3) is 0 Å². The van der Waals surface area contributed by atoms with Crippen LogP contribution in [-0.4, -0.2) is 35.2 Å². The van der Waals surface area contributed by atoms with Gasteiger partial charge in [-0.05, 0) is 28.8 Å². The van der Waals surface area contributed by atoms with Crippen LogP contribution in [0.15, 0.2) is 53.5 Å². The number of rotatable bonds is 2. The summed E-state index contributed by atoms with van der Waals surface area (Å²) >= 11 is 0. The summed E-state index contributed by atoms with van der Waals surface area (Å²) in [5.41, 5.74) is 3.49. The lowest BCUT2D eigenvalue weighted by atomic mass is 9.90. The van der Waals surface area contributed by atoms with E-state index in [1.807, 2.05) is 31.1 Å².